The molecule has 0 saturated carbocycles. The van der Waals surface area contributed by atoms with Gasteiger partial charge in [-0.15, -0.1) is 0 Å². The molecule has 1 aromatic heterocycles. The highest BCUT2D eigenvalue weighted by molar-refractivity contribution is 6.32. The zero-order valence-corrected chi connectivity index (χ0v) is 33.2. The lowest BCUT2D eigenvalue weighted by molar-refractivity contribution is -0.150. The highest BCUT2D eigenvalue weighted by Crippen LogP contribution is 2.38. The van der Waals surface area contributed by atoms with Crippen LogP contribution < -0.4 is 20.1 Å². The van der Waals surface area contributed by atoms with Crippen LogP contribution >= 0.6 is 11.6 Å². The molecule has 2 heterocycles. The zero-order valence-electron chi connectivity index (χ0n) is 32.4. The van der Waals surface area contributed by atoms with Gasteiger partial charge in [-0.1, -0.05) is 72.3 Å². The van der Waals surface area contributed by atoms with Crippen molar-refractivity contribution in [2.75, 3.05) is 13.2 Å². The second-order valence-corrected chi connectivity index (χ2v) is 15.2. The predicted octanol–water partition coefficient (Wildman–Crippen LogP) is 8.10. The highest BCUT2D eigenvalue weighted by atomic mass is 35.5. The largest absolute Gasteiger partial charge is 0.488 e. The van der Waals surface area contributed by atoms with Crippen LogP contribution in [0.2, 0.25) is 5.02 Å². The van der Waals surface area contributed by atoms with Gasteiger partial charge >= 0.3 is 5.97 Å². The number of ether oxygens (including phenoxy) is 2. The first-order valence-electron chi connectivity index (χ1n) is 19.0. The SMILES string of the molecule is Cc1c(COc2cc(OCc3cncc(C#N)c3)c(CC[C@@](C)(CO)C(=O)O)cc2Cl)cccc1-c1cccc(-c2ccc(CN[C@H]3CCCNC3=O)cc2)c1C. The van der Waals surface area contributed by atoms with Crippen LogP contribution in [0.15, 0.2) is 91.3 Å². The Morgan fingerprint density at radius 2 is 1.67 bits per heavy atom. The van der Waals surface area contributed by atoms with E-state index in [4.69, 9.17) is 21.1 Å². The molecule has 4 aromatic carbocycles. The van der Waals surface area contributed by atoms with Gasteiger partial charge in [-0.25, -0.2) is 0 Å². The summed E-state index contributed by atoms with van der Waals surface area (Å²) in [5.74, 6) is -0.183. The molecule has 1 fully saturated rings. The molecule has 1 aliphatic rings. The molecule has 4 N–H and O–H groups in total. The molecule has 11 heteroatoms. The summed E-state index contributed by atoms with van der Waals surface area (Å²) in [6.45, 7) is 6.91. The van der Waals surface area contributed by atoms with Gasteiger partial charge in [-0.2, -0.15) is 5.26 Å². The summed E-state index contributed by atoms with van der Waals surface area (Å²) in [4.78, 5) is 28.2. The average Bonchev–Trinajstić information content (AvgIpc) is 3.22. The first-order valence-corrected chi connectivity index (χ1v) is 19.4. The van der Waals surface area contributed by atoms with Crippen molar-refractivity contribution in [1.29, 1.82) is 5.26 Å². The minimum absolute atomic E-state index is 0.0711. The first kappa shape index (κ1) is 40.9. The topological polar surface area (TPSA) is 154 Å². The van der Waals surface area contributed by atoms with Gasteiger partial charge in [0.15, 0.2) is 0 Å². The number of hydrogen-bond acceptors (Lipinski definition) is 8. The van der Waals surface area contributed by atoms with Gasteiger partial charge in [-0.3, -0.25) is 14.6 Å². The number of nitriles is 1. The Morgan fingerprint density at radius 1 is 0.947 bits per heavy atom. The second-order valence-electron chi connectivity index (χ2n) is 14.8. The summed E-state index contributed by atoms with van der Waals surface area (Å²) in [6.07, 6.45) is 5.34. The van der Waals surface area contributed by atoms with Crippen LogP contribution in [0, 0.1) is 30.6 Å². The van der Waals surface area contributed by atoms with Gasteiger partial charge in [0, 0.05) is 37.1 Å². The van der Waals surface area contributed by atoms with Crippen molar-refractivity contribution in [2.24, 2.45) is 5.41 Å². The Balaban J connectivity index is 1.20. The quantitative estimate of drug-likeness (QED) is 0.0777. The minimum Gasteiger partial charge on any atom is -0.488 e. The van der Waals surface area contributed by atoms with E-state index in [-0.39, 0.29) is 38.0 Å². The number of carboxylic acids is 1. The predicted molar refractivity (Wildman–Crippen MR) is 220 cm³/mol. The van der Waals surface area contributed by atoms with Gasteiger partial charge in [0.1, 0.15) is 30.8 Å². The van der Waals surface area contributed by atoms with Crippen LogP contribution in [0.3, 0.4) is 0 Å². The summed E-state index contributed by atoms with van der Waals surface area (Å²) in [7, 11) is 0. The number of nitrogens with zero attached hydrogens (tertiary/aromatic N) is 2. The fraction of sp³-hybridized carbons (Fsp3) is 0.304. The Morgan fingerprint density at radius 3 is 2.39 bits per heavy atom. The van der Waals surface area contributed by atoms with Crippen molar-refractivity contribution in [1.82, 2.24) is 15.6 Å². The highest BCUT2D eigenvalue weighted by Gasteiger charge is 2.32. The number of nitrogens with one attached hydrogen (secondary N) is 2. The molecule has 0 bridgehead atoms. The summed E-state index contributed by atoms with van der Waals surface area (Å²) in [5, 5.41) is 35.6. The van der Waals surface area contributed by atoms with Crippen molar-refractivity contribution in [3.63, 3.8) is 0 Å². The van der Waals surface area contributed by atoms with Gasteiger partial charge in [0.25, 0.3) is 0 Å². The van der Waals surface area contributed by atoms with Crippen LogP contribution in [0.25, 0.3) is 22.3 Å². The number of carbonyl (C=O) groups is 2. The number of aliphatic hydroxyl groups is 1. The molecule has 1 aliphatic heterocycles. The van der Waals surface area contributed by atoms with Crippen molar-refractivity contribution in [3.05, 3.63) is 135 Å². The number of carboxylic acid groups (broad SMARTS) is 1. The standard InChI is InChI=1S/C46H47ClN4O6/c1-29-36(7-4-9-38(29)39-10-5-8-37(30(39)2)34-14-12-31(13-15-34)25-51-41-11-6-18-50-44(41)53)27-57-43-21-42(56-26-33-19-32(22-48)23-49-24-33)35(20-40(43)47)16-17-46(3,28-52)45(54)55/h4-5,7-10,12-15,19-21,23-24,41,51-52H,6,11,16-18,25-28H2,1-3H3,(H,50,53)(H,54,55)/t41-,46-/m0/s1. The molecule has 0 unspecified atom stereocenters. The lowest BCUT2D eigenvalue weighted by Gasteiger charge is -2.23. The van der Waals surface area contributed by atoms with E-state index >= 15 is 0 Å². The Hall–Kier alpha value is -5.73. The molecule has 0 aliphatic carbocycles. The van der Waals surface area contributed by atoms with Crippen molar-refractivity contribution in [2.45, 2.75) is 72.3 Å². The lowest BCUT2D eigenvalue weighted by atomic mass is 9.85. The number of amides is 1. The lowest BCUT2D eigenvalue weighted by Crippen LogP contribution is -2.47. The van der Waals surface area contributed by atoms with Crippen LogP contribution in [0.4, 0.5) is 0 Å². The third-order valence-electron chi connectivity index (χ3n) is 10.8. The van der Waals surface area contributed by atoms with E-state index in [1.165, 1.54) is 13.1 Å². The molecular formula is C46H47ClN4O6. The number of carbonyl (C=O) groups excluding carboxylic acids is 1. The molecule has 6 rings (SSSR count). The van der Waals surface area contributed by atoms with Gasteiger partial charge in [0.2, 0.25) is 5.91 Å². The van der Waals surface area contributed by atoms with Gasteiger partial charge < -0.3 is 30.3 Å². The monoisotopic (exact) mass is 786 g/mol. The maximum Gasteiger partial charge on any atom is 0.311 e. The van der Waals surface area contributed by atoms with Gasteiger partial charge in [-0.05, 0) is 109 Å². The zero-order chi connectivity index (χ0) is 40.5. The number of piperidine rings is 1. The summed E-state index contributed by atoms with van der Waals surface area (Å²) in [6, 6.07) is 28.0. The fourth-order valence-corrected chi connectivity index (χ4v) is 7.25. The van der Waals surface area contributed by atoms with E-state index in [2.05, 4.69) is 84.1 Å². The summed E-state index contributed by atoms with van der Waals surface area (Å²) in [5.41, 5.74) is 9.17. The number of benzene rings is 4. The van der Waals surface area contributed by atoms with E-state index in [1.54, 1.807) is 24.4 Å². The van der Waals surface area contributed by atoms with E-state index in [1.807, 2.05) is 12.1 Å². The molecule has 10 nitrogen and oxygen atoms in total. The second kappa shape index (κ2) is 18.5. The number of pyridine rings is 1. The average molecular weight is 787 g/mol. The number of aromatic nitrogens is 1. The van der Waals surface area contributed by atoms with Crippen LogP contribution in [-0.2, 0) is 35.8 Å². The van der Waals surface area contributed by atoms with Crippen LogP contribution in [0.1, 0.15) is 65.1 Å². The third-order valence-corrected chi connectivity index (χ3v) is 11.1. The smallest absolute Gasteiger partial charge is 0.311 e. The maximum atomic E-state index is 12.2. The van der Waals surface area contributed by atoms with Crippen molar-refractivity contribution in [3.8, 4) is 39.8 Å². The molecule has 0 spiro atoms. The molecule has 1 amide bonds. The van der Waals surface area contributed by atoms with Crippen LogP contribution in [-0.4, -0.2) is 46.3 Å². The van der Waals surface area contributed by atoms with Crippen LogP contribution in [0.5, 0.6) is 11.5 Å². The molecular weight excluding hydrogens is 740 g/mol. The van der Waals surface area contributed by atoms with E-state index in [0.29, 0.717) is 39.8 Å². The number of hydrogen-bond donors (Lipinski definition) is 4. The number of halogens is 1. The number of aliphatic hydroxyl groups excluding tert-OH is 1. The molecule has 294 valence electrons. The van der Waals surface area contributed by atoms with Gasteiger partial charge in [0.05, 0.1) is 28.6 Å². The Bertz CT molecular complexity index is 2290. The normalized spacial score (nSPS) is 14.9. The van der Waals surface area contributed by atoms with E-state index in [0.717, 1.165) is 63.9 Å². The van der Waals surface area contributed by atoms with Crippen molar-refractivity contribution >= 4 is 23.5 Å². The minimum atomic E-state index is -1.34. The molecule has 1 saturated heterocycles. The Kier molecular flexibility index (Phi) is 13.3. The maximum absolute atomic E-state index is 12.2. The first-order chi connectivity index (χ1) is 27.5. The number of aryl methyl sites for hydroxylation is 1. The number of aliphatic carboxylic acids is 1. The Labute approximate surface area is 338 Å². The third kappa shape index (κ3) is 9.81. The molecule has 5 aromatic rings. The number of rotatable bonds is 16. The van der Waals surface area contributed by atoms with E-state index in [9.17, 15) is 25.1 Å². The fourth-order valence-electron chi connectivity index (χ4n) is 7.01. The van der Waals surface area contributed by atoms with E-state index < -0.39 is 18.0 Å². The molecule has 57 heavy (non-hydrogen) atoms. The molecule has 2 atom stereocenters. The summed E-state index contributed by atoms with van der Waals surface area (Å²) < 4.78 is 12.6. The summed E-state index contributed by atoms with van der Waals surface area (Å²) >= 11 is 6.79. The van der Waals surface area contributed by atoms with Crippen molar-refractivity contribution < 1.29 is 29.3 Å². The molecule has 0 radical (unpaired) electrons.